The summed E-state index contributed by atoms with van der Waals surface area (Å²) in [7, 11) is 0. The van der Waals surface area contributed by atoms with Crippen molar-refractivity contribution in [1.82, 2.24) is 0 Å². The average molecular weight is 162 g/mol. The molecule has 0 amide bonds. The number of rotatable bonds is 0. The summed E-state index contributed by atoms with van der Waals surface area (Å²) in [5, 5.41) is 0. The Labute approximate surface area is 75.7 Å². The van der Waals surface area contributed by atoms with E-state index in [1.807, 2.05) is 6.92 Å². The van der Waals surface area contributed by atoms with Gasteiger partial charge in [-0.2, -0.15) is 0 Å². The van der Waals surface area contributed by atoms with E-state index in [0.717, 1.165) is 11.8 Å². The van der Waals surface area contributed by atoms with Crippen LogP contribution in [0.1, 0.15) is 26.7 Å². The average Bonchev–Trinajstić information content (AvgIpc) is 2.65. The predicted molar refractivity (Wildman–Crippen MR) is 55.0 cm³/mol. The SMILES string of the molecule is C=CC.CC=C1CC2C=CC1C2. The molecule has 0 saturated heterocycles. The molecule has 0 aromatic rings. The zero-order valence-corrected chi connectivity index (χ0v) is 8.09. The quantitative estimate of drug-likeness (QED) is 0.476. The monoisotopic (exact) mass is 162 g/mol. The summed E-state index contributed by atoms with van der Waals surface area (Å²) in [5.41, 5.74) is 1.67. The standard InChI is InChI=1S/C9H12.C3H6/c1-2-8-5-7-3-4-9(8)6-7;1-3-2/h2-4,7,9H,5-6H2,1H3;3H,1H2,2H3. The van der Waals surface area contributed by atoms with Gasteiger partial charge >= 0.3 is 0 Å². The van der Waals surface area contributed by atoms with Crippen LogP contribution in [0.4, 0.5) is 0 Å². The molecule has 0 spiro atoms. The zero-order valence-electron chi connectivity index (χ0n) is 8.09. The van der Waals surface area contributed by atoms with Crippen molar-refractivity contribution in [2.24, 2.45) is 11.8 Å². The number of hydrogen-bond acceptors (Lipinski definition) is 0. The highest BCUT2D eigenvalue weighted by Gasteiger charge is 2.29. The Morgan fingerprint density at radius 1 is 1.42 bits per heavy atom. The fourth-order valence-corrected chi connectivity index (χ4v) is 1.99. The molecule has 0 N–H and O–H groups in total. The fraction of sp³-hybridized carbons (Fsp3) is 0.500. The lowest BCUT2D eigenvalue weighted by Gasteiger charge is -2.05. The van der Waals surface area contributed by atoms with Crippen molar-refractivity contribution >= 4 is 0 Å². The second kappa shape index (κ2) is 4.30. The third-order valence-electron chi connectivity index (χ3n) is 2.52. The van der Waals surface area contributed by atoms with Crippen molar-refractivity contribution in [3.63, 3.8) is 0 Å². The van der Waals surface area contributed by atoms with Crippen molar-refractivity contribution in [3.05, 3.63) is 36.5 Å². The van der Waals surface area contributed by atoms with E-state index >= 15 is 0 Å². The van der Waals surface area contributed by atoms with Gasteiger partial charge < -0.3 is 0 Å². The summed E-state index contributed by atoms with van der Waals surface area (Å²) >= 11 is 0. The van der Waals surface area contributed by atoms with E-state index in [4.69, 9.17) is 0 Å². The minimum absolute atomic E-state index is 0.833. The summed E-state index contributed by atoms with van der Waals surface area (Å²) in [4.78, 5) is 0. The van der Waals surface area contributed by atoms with Gasteiger partial charge in [0.1, 0.15) is 0 Å². The minimum Gasteiger partial charge on any atom is -0.103 e. The molecule has 0 aromatic carbocycles. The molecule has 0 heteroatoms. The van der Waals surface area contributed by atoms with Gasteiger partial charge in [0.25, 0.3) is 0 Å². The highest BCUT2D eigenvalue weighted by atomic mass is 14.3. The Balaban J connectivity index is 0.000000213. The lowest BCUT2D eigenvalue weighted by molar-refractivity contribution is 0.693. The summed E-state index contributed by atoms with van der Waals surface area (Å²) in [6, 6.07) is 0. The van der Waals surface area contributed by atoms with Crippen LogP contribution >= 0.6 is 0 Å². The molecule has 1 fully saturated rings. The number of fused-ring (bicyclic) bond motifs is 2. The van der Waals surface area contributed by atoms with E-state index in [9.17, 15) is 0 Å². The van der Waals surface area contributed by atoms with E-state index in [1.54, 1.807) is 11.6 Å². The maximum Gasteiger partial charge on any atom is -0.00174 e. The van der Waals surface area contributed by atoms with Gasteiger partial charge in [-0.1, -0.05) is 29.9 Å². The lowest BCUT2D eigenvalue weighted by Crippen LogP contribution is -1.90. The van der Waals surface area contributed by atoms with Crippen molar-refractivity contribution in [2.45, 2.75) is 26.7 Å². The van der Waals surface area contributed by atoms with Gasteiger partial charge in [-0.15, -0.1) is 6.58 Å². The van der Waals surface area contributed by atoms with E-state index in [2.05, 4.69) is 31.7 Å². The Bertz CT molecular complexity index is 208. The highest BCUT2D eigenvalue weighted by Crippen LogP contribution is 2.42. The van der Waals surface area contributed by atoms with Crippen molar-refractivity contribution in [2.75, 3.05) is 0 Å². The second-order valence-corrected chi connectivity index (χ2v) is 3.46. The van der Waals surface area contributed by atoms with E-state index in [0.29, 0.717) is 0 Å². The summed E-state index contributed by atoms with van der Waals surface area (Å²) in [5.74, 6) is 1.74. The Hall–Kier alpha value is -0.780. The second-order valence-electron chi connectivity index (χ2n) is 3.46. The van der Waals surface area contributed by atoms with Gasteiger partial charge in [0.05, 0.1) is 0 Å². The van der Waals surface area contributed by atoms with E-state index in [1.165, 1.54) is 12.8 Å². The lowest BCUT2D eigenvalue weighted by atomic mass is 10.0. The summed E-state index contributed by atoms with van der Waals surface area (Å²) in [6.07, 6.45) is 11.5. The van der Waals surface area contributed by atoms with Crippen LogP contribution < -0.4 is 0 Å². The van der Waals surface area contributed by atoms with Gasteiger partial charge in [0, 0.05) is 0 Å². The molecular weight excluding hydrogens is 144 g/mol. The van der Waals surface area contributed by atoms with E-state index < -0.39 is 0 Å². The molecule has 0 aromatic heterocycles. The predicted octanol–water partition coefficient (Wildman–Crippen LogP) is 3.72. The first-order chi connectivity index (χ1) is 5.81. The number of allylic oxidation sites excluding steroid dienone is 5. The fourth-order valence-electron chi connectivity index (χ4n) is 1.99. The van der Waals surface area contributed by atoms with Crippen LogP contribution in [-0.2, 0) is 0 Å². The minimum atomic E-state index is 0.833. The van der Waals surface area contributed by atoms with Gasteiger partial charge in [0.15, 0.2) is 0 Å². The molecule has 0 aliphatic heterocycles. The van der Waals surface area contributed by atoms with Crippen LogP contribution in [0.25, 0.3) is 0 Å². The topological polar surface area (TPSA) is 0 Å². The molecule has 0 heterocycles. The molecule has 2 rings (SSSR count). The van der Waals surface area contributed by atoms with Crippen LogP contribution in [0.15, 0.2) is 36.5 Å². The summed E-state index contributed by atoms with van der Waals surface area (Å²) in [6.45, 7) is 7.41. The van der Waals surface area contributed by atoms with E-state index in [-0.39, 0.29) is 0 Å². The van der Waals surface area contributed by atoms with Gasteiger partial charge in [-0.05, 0) is 38.5 Å². The molecule has 2 unspecified atom stereocenters. The maximum atomic E-state index is 3.36. The van der Waals surface area contributed by atoms with Crippen LogP contribution in [-0.4, -0.2) is 0 Å². The molecule has 2 aliphatic rings. The van der Waals surface area contributed by atoms with Crippen LogP contribution in [0, 0.1) is 11.8 Å². The highest BCUT2D eigenvalue weighted by molar-refractivity contribution is 5.26. The molecule has 2 bridgehead atoms. The first kappa shape index (κ1) is 9.31. The van der Waals surface area contributed by atoms with Crippen LogP contribution in [0.2, 0.25) is 0 Å². The van der Waals surface area contributed by atoms with Crippen LogP contribution in [0.3, 0.4) is 0 Å². The smallest absolute Gasteiger partial charge is 0.00174 e. The molecule has 2 aliphatic carbocycles. The maximum absolute atomic E-state index is 3.36. The first-order valence-corrected chi connectivity index (χ1v) is 4.72. The van der Waals surface area contributed by atoms with Crippen LogP contribution in [0.5, 0.6) is 0 Å². The third kappa shape index (κ3) is 1.88. The Morgan fingerprint density at radius 2 is 2.08 bits per heavy atom. The molecule has 2 atom stereocenters. The Kier molecular flexibility index (Phi) is 3.33. The normalized spacial score (nSPS) is 33.3. The molecule has 0 nitrogen and oxygen atoms in total. The molecule has 1 saturated carbocycles. The zero-order chi connectivity index (χ0) is 8.97. The van der Waals surface area contributed by atoms with Crippen molar-refractivity contribution < 1.29 is 0 Å². The third-order valence-corrected chi connectivity index (χ3v) is 2.52. The first-order valence-electron chi connectivity index (χ1n) is 4.72. The molecule has 66 valence electrons. The van der Waals surface area contributed by atoms with Gasteiger partial charge in [-0.25, -0.2) is 0 Å². The largest absolute Gasteiger partial charge is 0.103 e. The van der Waals surface area contributed by atoms with Gasteiger partial charge in [0.2, 0.25) is 0 Å². The van der Waals surface area contributed by atoms with Crippen molar-refractivity contribution in [1.29, 1.82) is 0 Å². The molecule has 12 heavy (non-hydrogen) atoms. The Morgan fingerprint density at radius 3 is 2.33 bits per heavy atom. The molecular formula is C12H18. The number of hydrogen-bond donors (Lipinski definition) is 0. The van der Waals surface area contributed by atoms with Gasteiger partial charge in [-0.3, -0.25) is 0 Å². The summed E-state index contributed by atoms with van der Waals surface area (Å²) < 4.78 is 0. The molecule has 0 radical (unpaired) electrons. The van der Waals surface area contributed by atoms with Crippen molar-refractivity contribution in [3.8, 4) is 0 Å².